The lowest BCUT2D eigenvalue weighted by atomic mass is 10.2. The highest BCUT2D eigenvalue weighted by Crippen LogP contribution is 2.19. The summed E-state index contributed by atoms with van der Waals surface area (Å²) in [5.41, 5.74) is 0. The predicted molar refractivity (Wildman–Crippen MR) is 43.8 cm³/mol. The Morgan fingerprint density at radius 1 is 1.67 bits per heavy atom. The third kappa shape index (κ3) is 2.59. The fourth-order valence-corrected chi connectivity index (χ4v) is 2.11. The van der Waals surface area contributed by atoms with E-state index in [9.17, 15) is 0 Å². The quantitative estimate of drug-likeness (QED) is 0.650. The van der Waals surface area contributed by atoms with Gasteiger partial charge in [0.25, 0.3) is 0 Å². The van der Waals surface area contributed by atoms with Gasteiger partial charge in [0.15, 0.2) is 0 Å². The predicted octanol–water partition coefficient (Wildman–Crippen LogP) is 1.84. The Hall–Kier alpha value is 0.310. The molecular formula is C7H15NS. The largest absolute Gasteiger partial charge is 0.307 e. The van der Waals surface area contributed by atoms with Crippen LogP contribution in [-0.4, -0.2) is 17.7 Å². The Bertz CT molecular complexity index is 69.3. The number of unbranched alkanes of at least 4 members (excludes halogenated alkanes) is 1. The van der Waals surface area contributed by atoms with Gasteiger partial charge in [-0.05, 0) is 6.42 Å². The zero-order chi connectivity index (χ0) is 6.53. The van der Waals surface area contributed by atoms with Crippen LogP contribution in [0.3, 0.4) is 0 Å². The third-order valence-electron chi connectivity index (χ3n) is 1.67. The van der Waals surface area contributed by atoms with Crippen molar-refractivity contribution in [3.63, 3.8) is 0 Å². The van der Waals surface area contributed by atoms with Crippen molar-refractivity contribution in [2.75, 3.05) is 12.4 Å². The number of hydrogen-bond acceptors (Lipinski definition) is 2. The van der Waals surface area contributed by atoms with Crippen LogP contribution in [0.5, 0.6) is 0 Å². The molecule has 0 saturated carbocycles. The summed E-state index contributed by atoms with van der Waals surface area (Å²) >= 11 is 2.07. The molecule has 1 atom stereocenters. The van der Waals surface area contributed by atoms with Crippen LogP contribution in [0.2, 0.25) is 0 Å². The highest BCUT2D eigenvalue weighted by atomic mass is 32.2. The van der Waals surface area contributed by atoms with E-state index in [1.807, 2.05) is 0 Å². The van der Waals surface area contributed by atoms with Gasteiger partial charge in [-0.25, -0.2) is 0 Å². The maximum absolute atomic E-state index is 3.34. The van der Waals surface area contributed by atoms with Crippen LogP contribution in [0.4, 0.5) is 0 Å². The SMILES string of the molecule is CCCCC1CNCS1. The normalized spacial score (nSPS) is 27.0. The van der Waals surface area contributed by atoms with Crippen molar-refractivity contribution in [2.45, 2.75) is 31.4 Å². The van der Waals surface area contributed by atoms with E-state index in [0.29, 0.717) is 0 Å². The van der Waals surface area contributed by atoms with E-state index < -0.39 is 0 Å². The Balaban J connectivity index is 1.98. The van der Waals surface area contributed by atoms with Crippen LogP contribution in [-0.2, 0) is 0 Å². The molecule has 0 aliphatic carbocycles. The molecule has 0 aromatic rings. The number of nitrogens with one attached hydrogen (secondary N) is 1. The molecule has 1 fully saturated rings. The monoisotopic (exact) mass is 145 g/mol. The Morgan fingerprint density at radius 2 is 2.56 bits per heavy atom. The van der Waals surface area contributed by atoms with Crippen molar-refractivity contribution in [2.24, 2.45) is 0 Å². The molecule has 1 nitrogen and oxygen atoms in total. The maximum atomic E-state index is 3.34. The van der Waals surface area contributed by atoms with Crippen molar-refractivity contribution in [3.8, 4) is 0 Å². The standard InChI is InChI=1S/C7H15NS/c1-2-3-4-7-5-8-6-9-7/h7-8H,2-6H2,1H3. The van der Waals surface area contributed by atoms with Gasteiger partial charge >= 0.3 is 0 Å². The molecule has 1 aliphatic rings. The molecule has 1 unspecified atom stereocenters. The van der Waals surface area contributed by atoms with Crippen LogP contribution in [0.1, 0.15) is 26.2 Å². The first kappa shape index (κ1) is 7.42. The van der Waals surface area contributed by atoms with E-state index in [-0.39, 0.29) is 0 Å². The van der Waals surface area contributed by atoms with Crippen molar-refractivity contribution in [1.29, 1.82) is 0 Å². The van der Waals surface area contributed by atoms with Crippen LogP contribution in [0.25, 0.3) is 0 Å². The van der Waals surface area contributed by atoms with Crippen molar-refractivity contribution in [1.82, 2.24) is 5.32 Å². The van der Waals surface area contributed by atoms with Crippen LogP contribution >= 0.6 is 11.8 Å². The zero-order valence-electron chi connectivity index (χ0n) is 6.02. The molecule has 0 aromatic heterocycles. The topological polar surface area (TPSA) is 12.0 Å². The lowest BCUT2D eigenvalue weighted by molar-refractivity contribution is 0.666. The average molecular weight is 145 g/mol. The summed E-state index contributed by atoms with van der Waals surface area (Å²) in [7, 11) is 0. The summed E-state index contributed by atoms with van der Waals surface area (Å²) in [6.45, 7) is 3.50. The smallest absolute Gasteiger partial charge is 0.0421 e. The van der Waals surface area contributed by atoms with Crippen molar-refractivity contribution in [3.05, 3.63) is 0 Å². The van der Waals surface area contributed by atoms with Crippen molar-refractivity contribution >= 4 is 11.8 Å². The van der Waals surface area contributed by atoms with Gasteiger partial charge in [0.1, 0.15) is 0 Å². The molecule has 0 spiro atoms. The third-order valence-corrected chi connectivity index (χ3v) is 2.92. The Kier molecular flexibility index (Phi) is 3.44. The van der Waals surface area contributed by atoms with E-state index in [0.717, 1.165) is 5.25 Å². The van der Waals surface area contributed by atoms with Gasteiger partial charge < -0.3 is 5.32 Å². The number of rotatable bonds is 3. The Morgan fingerprint density at radius 3 is 3.11 bits per heavy atom. The molecule has 1 rings (SSSR count). The first-order valence-electron chi connectivity index (χ1n) is 3.76. The summed E-state index contributed by atoms with van der Waals surface area (Å²) in [5.74, 6) is 1.17. The molecule has 54 valence electrons. The molecule has 9 heavy (non-hydrogen) atoms. The minimum absolute atomic E-state index is 0.921. The van der Waals surface area contributed by atoms with Gasteiger partial charge in [-0.15, -0.1) is 11.8 Å². The van der Waals surface area contributed by atoms with E-state index in [4.69, 9.17) is 0 Å². The maximum Gasteiger partial charge on any atom is 0.0421 e. The van der Waals surface area contributed by atoms with E-state index in [1.165, 1.54) is 31.7 Å². The van der Waals surface area contributed by atoms with Gasteiger partial charge in [0.05, 0.1) is 0 Å². The average Bonchev–Trinajstić information content (AvgIpc) is 2.34. The minimum Gasteiger partial charge on any atom is -0.307 e. The van der Waals surface area contributed by atoms with E-state index in [1.54, 1.807) is 0 Å². The van der Waals surface area contributed by atoms with Crippen LogP contribution < -0.4 is 5.32 Å². The lowest BCUT2D eigenvalue weighted by Gasteiger charge is -2.03. The fraction of sp³-hybridized carbons (Fsp3) is 1.00. The van der Waals surface area contributed by atoms with Gasteiger partial charge in [0, 0.05) is 17.7 Å². The highest BCUT2D eigenvalue weighted by molar-refractivity contribution is 8.00. The van der Waals surface area contributed by atoms with Gasteiger partial charge in [0.2, 0.25) is 0 Å². The minimum atomic E-state index is 0.921. The molecule has 1 N–H and O–H groups in total. The fourth-order valence-electron chi connectivity index (χ4n) is 1.07. The summed E-state index contributed by atoms with van der Waals surface area (Å²) in [4.78, 5) is 0. The first-order chi connectivity index (χ1) is 4.43. The molecule has 1 heterocycles. The Labute approximate surface area is 61.6 Å². The van der Waals surface area contributed by atoms with Gasteiger partial charge in [-0.1, -0.05) is 19.8 Å². The summed E-state index contributed by atoms with van der Waals surface area (Å²) in [6.07, 6.45) is 4.16. The second kappa shape index (κ2) is 4.18. The second-order valence-electron chi connectivity index (χ2n) is 2.53. The molecule has 1 saturated heterocycles. The van der Waals surface area contributed by atoms with Crippen LogP contribution in [0, 0.1) is 0 Å². The van der Waals surface area contributed by atoms with Crippen LogP contribution in [0.15, 0.2) is 0 Å². The molecule has 0 bridgehead atoms. The summed E-state index contributed by atoms with van der Waals surface area (Å²) in [6, 6.07) is 0. The summed E-state index contributed by atoms with van der Waals surface area (Å²) < 4.78 is 0. The zero-order valence-corrected chi connectivity index (χ0v) is 6.84. The molecule has 0 aromatic carbocycles. The molecule has 0 radical (unpaired) electrons. The molecule has 0 amide bonds. The van der Waals surface area contributed by atoms with Gasteiger partial charge in [-0.3, -0.25) is 0 Å². The molecular weight excluding hydrogens is 130 g/mol. The summed E-state index contributed by atoms with van der Waals surface area (Å²) in [5, 5.41) is 4.27. The van der Waals surface area contributed by atoms with Gasteiger partial charge in [-0.2, -0.15) is 0 Å². The number of hydrogen-bond donors (Lipinski definition) is 1. The van der Waals surface area contributed by atoms with E-state index in [2.05, 4.69) is 24.0 Å². The second-order valence-corrected chi connectivity index (χ2v) is 3.82. The lowest BCUT2D eigenvalue weighted by Crippen LogP contribution is -2.12. The molecule has 2 heteroatoms. The van der Waals surface area contributed by atoms with Crippen molar-refractivity contribution < 1.29 is 0 Å². The van der Waals surface area contributed by atoms with E-state index >= 15 is 0 Å². The molecule has 1 aliphatic heterocycles. The number of thioether (sulfide) groups is 1. The highest BCUT2D eigenvalue weighted by Gasteiger charge is 2.12. The first-order valence-corrected chi connectivity index (χ1v) is 4.80.